The Morgan fingerprint density at radius 1 is 1.31 bits per heavy atom. The zero-order valence-electron chi connectivity index (χ0n) is 14.5. The van der Waals surface area contributed by atoms with Gasteiger partial charge in [0, 0.05) is 22.3 Å². The second kappa shape index (κ2) is 8.87. The van der Waals surface area contributed by atoms with Crippen LogP contribution in [0.1, 0.15) is 12.5 Å². The van der Waals surface area contributed by atoms with Crippen molar-refractivity contribution in [2.24, 2.45) is 0 Å². The summed E-state index contributed by atoms with van der Waals surface area (Å²) in [5, 5.41) is 3.02. The molecule has 26 heavy (non-hydrogen) atoms. The summed E-state index contributed by atoms with van der Waals surface area (Å²) < 4.78 is 4.55. The third kappa shape index (κ3) is 4.97. The van der Waals surface area contributed by atoms with Crippen LogP contribution in [-0.4, -0.2) is 18.2 Å². The Morgan fingerprint density at radius 3 is 2.69 bits per heavy atom. The lowest BCUT2D eigenvalue weighted by atomic mass is 10.0. The number of pyridine rings is 1. The fourth-order valence-corrected chi connectivity index (χ4v) is 2.59. The van der Waals surface area contributed by atoms with Gasteiger partial charge in [0.2, 0.25) is 5.56 Å². The number of methoxy groups -OCH3 is 1. The van der Waals surface area contributed by atoms with E-state index in [9.17, 15) is 9.59 Å². The summed E-state index contributed by atoms with van der Waals surface area (Å²) in [5.74, 6) is 0. The summed E-state index contributed by atoms with van der Waals surface area (Å²) in [4.78, 5) is 26.3. The molecule has 1 aromatic carbocycles. The van der Waals surface area contributed by atoms with Gasteiger partial charge in [-0.2, -0.15) is 0 Å². The molecule has 0 spiro atoms. The summed E-state index contributed by atoms with van der Waals surface area (Å²) in [6.07, 6.45) is 4.68. The lowest BCUT2D eigenvalue weighted by Gasteiger charge is -2.09. The number of hydrogen-bond donors (Lipinski definition) is 2. The van der Waals surface area contributed by atoms with E-state index in [-0.39, 0.29) is 5.56 Å². The highest BCUT2D eigenvalue weighted by Gasteiger charge is 2.08. The average Bonchev–Trinajstić information content (AvgIpc) is 2.61. The first-order valence-electron chi connectivity index (χ1n) is 7.82. The number of H-pyrrole nitrogens is 1. The standard InChI is InChI=1S/C20H19ClN2O3/c1-4-7-14(10-13(2)22-20(25)26-3)15-11-18(23-19(24)12-15)16-8-5-6-9-17(16)21/h4-12H,2H2,1,3H3,(H,22,25)(H,23,24)/b7-4-,14-10+. The molecule has 0 saturated carbocycles. The second-order valence-electron chi connectivity index (χ2n) is 5.37. The first-order chi connectivity index (χ1) is 12.4. The number of halogens is 1. The van der Waals surface area contributed by atoms with Gasteiger partial charge in [-0.25, -0.2) is 4.79 Å². The number of allylic oxidation sites excluding steroid dienone is 4. The van der Waals surface area contributed by atoms with Crippen LogP contribution in [0.4, 0.5) is 4.79 Å². The van der Waals surface area contributed by atoms with Gasteiger partial charge in [0.05, 0.1) is 12.8 Å². The first kappa shape index (κ1) is 19.3. The molecule has 0 atom stereocenters. The maximum Gasteiger partial charge on any atom is 0.411 e. The quantitative estimate of drug-likeness (QED) is 0.760. The third-order valence-corrected chi connectivity index (χ3v) is 3.80. The smallest absolute Gasteiger partial charge is 0.411 e. The molecule has 134 valence electrons. The average molecular weight is 371 g/mol. The number of nitrogens with one attached hydrogen (secondary N) is 2. The van der Waals surface area contributed by atoms with Gasteiger partial charge in [0.1, 0.15) is 0 Å². The van der Waals surface area contributed by atoms with Crippen LogP contribution in [0, 0.1) is 0 Å². The number of ether oxygens (including phenoxy) is 1. The van der Waals surface area contributed by atoms with Crippen molar-refractivity contribution in [2.45, 2.75) is 6.92 Å². The van der Waals surface area contributed by atoms with E-state index >= 15 is 0 Å². The second-order valence-corrected chi connectivity index (χ2v) is 5.78. The van der Waals surface area contributed by atoms with E-state index in [0.29, 0.717) is 27.6 Å². The Balaban J connectivity index is 2.50. The van der Waals surface area contributed by atoms with Crippen molar-refractivity contribution in [3.05, 3.63) is 87.8 Å². The number of amides is 1. The molecule has 0 radical (unpaired) electrons. The summed E-state index contributed by atoms with van der Waals surface area (Å²) in [5.41, 5.74) is 2.76. The summed E-state index contributed by atoms with van der Waals surface area (Å²) in [6.45, 7) is 5.63. The number of benzene rings is 1. The molecule has 0 unspecified atom stereocenters. The number of alkyl carbamates (subject to hydrolysis) is 1. The van der Waals surface area contributed by atoms with Gasteiger partial charge in [-0.05, 0) is 36.3 Å². The minimum Gasteiger partial charge on any atom is -0.453 e. The molecule has 0 saturated heterocycles. The normalized spacial score (nSPS) is 11.4. The number of rotatable bonds is 5. The van der Waals surface area contributed by atoms with Crippen molar-refractivity contribution in [2.75, 3.05) is 7.11 Å². The van der Waals surface area contributed by atoms with E-state index < -0.39 is 6.09 Å². The molecule has 1 aromatic heterocycles. The van der Waals surface area contributed by atoms with E-state index in [2.05, 4.69) is 21.6 Å². The molecule has 2 aromatic rings. The highest BCUT2D eigenvalue weighted by atomic mass is 35.5. The largest absolute Gasteiger partial charge is 0.453 e. The molecule has 1 amide bonds. The zero-order chi connectivity index (χ0) is 19.1. The fraction of sp³-hybridized carbons (Fsp3) is 0.100. The summed E-state index contributed by atoms with van der Waals surface area (Å²) >= 11 is 6.24. The molecule has 0 aliphatic carbocycles. The van der Waals surface area contributed by atoms with Crippen LogP contribution in [0.3, 0.4) is 0 Å². The molecule has 5 nitrogen and oxygen atoms in total. The Bertz CT molecular complexity index is 942. The van der Waals surface area contributed by atoms with Crippen molar-refractivity contribution in [3.8, 4) is 11.3 Å². The Morgan fingerprint density at radius 2 is 2.04 bits per heavy atom. The summed E-state index contributed by atoms with van der Waals surface area (Å²) in [7, 11) is 1.27. The van der Waals surface area contributed by atoms with E-state index in [1.165, 1.54) is 13.2 Å². The van der Waals surface area contributed by atoms with Gasteiger partial charge >= 0.3 is 6.09 Å². The third-order valence-electron chi connectivity index (χ3n) is 3.47. The SMILES string of the molecule is C=C(/C=C(\C=C/C)c1cc(-c2ccccc2Cl)[nH]c(=O)c1)NC(=O)OC. The van der Waals surface area contributed by atoms with Crippen LogP contribution in [-0.2, 0) is 4.74 Å². The predicted molar refractivity (Wildman–Crippen MR) is 105 cm³/mol. The van der Waals surface area contributed by atoms with Gasteiger partial charge < -0.3 is 9.72 Å². The number of aromatic amines is 1. The van der Waals surface area contributed by atoms with E-state index in [1.807, 2.05) is 43.3 Å². The molecule has 0 aliphatic heterocycles. The minimum atomic E-state index is -0.617. The van der Waals surface area contributed by atoms with Crippen LogP contribution >= 0.6 is 11.6 Å². The van der Waals surface area contributed by atoms with Gasteiger partial charge in [-0.15, -0.1) is 0 Å². The number of carbonyl (C=O) groups is 1. The molecule has 2 N–H and O–H groups in total. The van der Waals surface area contributed by atoms with Crippen LogP contribution in [0.15, 0.2) is 71.7 Å². The zero-order valence-corrected chi connectivity index (χ0v) is 15.3. The van der Waals surface area contributed by atoms with E-state index in [4.69, 9.17) is 11.6 Å². The molecule has 0 bridgehead atoms. The fourth-order valence-electron chi connectivity index (χ4n) is 2.35. The van der Waals surface area contributed by atoms with Crippen LogP contribution < -0.4 is 10.9 Å². The molecule has 6 heteroatoms. The minimum absolute atomic E-state index is 0.264. The van der Waals surface area contributed by atoms with Crippen molar-refractivity contribution >= 4 is 23.3 Å². The predicted octanol–water partition coefficient (Wildman–Crippen LogP) is 4.52. The number of aromatic nitrogens is 1. The number of carbonyl (C=O) groups excluding carboxylic acids is 1. The van der Waals surface area contributed by atoms with Crippen LogP contribution in [0.5, 0.6) is 0 Å². The van der Waals surface area contributed by atoms with Crippen molar-refractivity contribution < 1.29 is 9.53 Å². The molecular weight excluding hydrogens is 352 g/mol. The first-order valence-corrected chi connectivity index (χ1v) is 8.20. The lowest BCUT2D eigenvalue weighted by molar-refractivity contribution is 0.174. The maximum absolute atomic E-state index is 12.2. The van der Waals surface area contributed by atoms with E-state index in [0.717, 1.165) is 5.56 Å². The molecule has 0 fully saturated rings. The Kier molecular flexibility index (Phi) is 6.58. The van der Waals surface area contributed by atoms with Crippen LogP contribution in [0.25, 0.3) is 16.8 Å². The maximum atomic E-state index is 12.2. The van der Waals surface area contributed by atoms with Gasteiger partial charge in [0.15, 0.2) is 0 Å². The van der Waals surface area contributed by atoms with Crippen molar-refractivity contribution in [3.63, 3.8) is 0 Å². The van der Waals surface area contributed by atoms with Gasteiger partial charge in [-0.1, -0.05) is 48.5 Å². The van der Waals surface area contributed by atoms with E-state index in [1.54, 1.807) is 12.1 Å². The van der Waals surface area contributed by atoms with Gasteiger partial charge in [0.25, 0.3) is 0 Å². The molecule has 0 aliphatic rings. The lowest BCUT2D eigenvalue weighted by Crippen LogP contribution is -2.20. The van der Waals surface area contributed by atoms with Crippen molar-refractivity contribution in [1.82, 2.24) is 10.3 Å². The molecule has 2 rings (SSSR count). The Hall–Kier alpha value is -3.05. The number of hydrogen-bond acceptors (Lipinski definition) is 3. The Labute approximate surface area is 156 Å². The van der Waals surface area contributed by atoms with Crippen molar-refractivity contribution in [1.29, 1.82) is 0 Å². The van der Waals surface area contributed by atoms with Crippen LogP contribution in [0.2, 0.25) is 5.02 Å². The monoisotopic (exact) mass is 370 g/mol. The van der Waals surface area contributed by atoms with Gasteiger partial charge in [-0.3, -0.25) is 10.1 Å². The highest BCUT2D eigenvalue weighted by molar-refractivity contribution is 6.33. The highest BCUT2D eigenvalue weighted by Crippen LogP contribution is 2.27. The topological polar surface area (TPSA) is 71.2 Å². The summed E-state index contributed by atoms with van der Waals surface area (Å²) in [6, 6.07) is 10.5. The molecular formula is C20H19ClN2O3. The molecule has 1 heterocycles.